The highest BCUT2D eigenvalue weighted by Gasteiger charge is 1.96. The van der Waals surface area contributed by atoms with E-state index in [4.69, 9.17) is 0 Å². The fourth-order valence-corrected chi connectivity index (χ4v) is 2.01. The van der Waals surface area contributed by atoms with Crippen molar-refractivity contribution in [2.24, 2.45) is 0 Å². The fraction of sp³-hybridized carbons (Fsp3) is 0.647. The minimum absolute atomic E-state index is 1.13. The molecule has 0 saturated heterocycles. The van der Waals surface area contributed by atoms with Gasteiger partial charge in [0.05, 0.1) is 0 Å². The zero-order valence-electron chi connectivity index (χ0n) is 12.6. The van der Waals surface area contributed by atoms with Crippen LogP contribution < -0.4 is 5.32 Å². The highest BCUT2D eigenvalue weighted by molar-refractivity contribution is 5.26. The third-order valence-electron chi connectivity index (χ3n) is 3.08. The molecule has 0 amide bonds. The van der Waals surface area contributed by atoms with Crippen molar-refractivity contribution in [3.8, 4) is 0 Å². The molecule has 0 aromatic heterocycles. The summed E-state index contributed by atoms with van der Waals surface area (Å²) in [6.07, 6.45) is 15.3. The lowest BCUT2D eigenvalue weighted by Crippen LogP contribution is -2.06. The predicted octanol–water partition coefficient (Wildman–Crippen LogP) is 5.02. The first-order chi connectivity index (χ1) is 8.74. The quantitative estimate of drug-likeness (QED) is 0.401. The van der Waals surface area contributed by atoms with Gasteiger partial charge in [0.25, 0.3) is 0 Å². The molecule has 104 valence electrons. The molecule has 1 heteroatoms. The van der Waals surface area contributed by atoms with E-state index in [0.29, 0.717) is 0 Å². The third kappa shape index (κ3) is 10.3. The predicted molar refractivity (Wildman–Crippen MR) is 84.0 cm³/mol. The fourth-order valence-electron chi connectivity index (χ4n) is 2.01. The maximum Gasteiger partial charge on any atom is -0.00519 e. The molecule has 0 fully saturated rings. The van der Waals surface area contributed by atoms with Crippen LogP contribution >= 0.6 is 0 Å². The Kier molecular flexibility index (Phi) is 12.1. The van der Waals surface area contributed by atoms with E-state index >= 15 is 0 Å². The van der Waals surface area contributed by atoms with Gasteiger partial charge < -0.3 is 5.32 Å². The van der Waals surface area contributed by atoms with Crippen LogP contribution in [0.5, 0.6) is 0 Å². The van der Waals surface area contributed by atoms with Crippen molar-refractivity contribution in [1.82, 2.24) is 5.32 Å². The average Bonchev–Trinajstić information content (AvgIpc) is 2.36. The van der Waals surface area contributed by atoms with Crippen molar-refractivity contribution in [2.45, 2.75) is 58.8 Å². The second kappa shape index (κ2) is 12.6. The highest BCUT2D eigenvalue weighted by atomic mass is 14.8. The van der Waals surface area contributed by atoms with Gasteiger partial charge in [-0.3, -0.25) is 0 Å². The lowest BCUT2D eigenvalue weighted by Gasteiger charge is -2.05. The van der Waals surface area contributed by atoms with E-state index < -0.39 is 0 Å². The van der Waals surface area contributed by atoms with E-state index in [2.05, 4.69) is 37.9 Å². The van der Waals surface area contributed by atoms with Gasteiger partial charge in [0, 0.05) is 0 Å². The number of nitrogens with one attached hydrogen (secondary N) is 1. The highest BCUT2D eigenvalue weighted by Crippen LogP contribution is 2.15. The Balaban J connectivity index is 4.06. The molecule has 1 N–H and O–H groups in total. The van der Waals surface area contributed by atoms with Gasteiger partial charge in [0.15, 0.2) is 0 Å². The molecule has 18 heavy (non-hydrogen) atoms. The Labute approximate surface area is 114 Å². The lowest BCUT2D eigenvalue weighted by molar-refractivity contribution is 0.643. The second-order valence-corrected chi connectivity index (χ2v) is 4.99. The summed E-state index contributed by atoms with van der Waals surface area (Å²) < 4.78 is 0. The van der Waals surface area contributed by atoms with E-state index in [9.17, 15) is 0 Å². The van der Waals surface area contributed by atoms with Gasteiger partial charge >= 0.3 is 0 Å². The Morgan fingerprint density at radius 3 is 2.50 bits per heavy atom. The minimum Gasteiger partial charge on any atom is -0.320 e. The zero-order valence-corrected chi connectivity index (χ0v) is 12.6. The molecule has 0 atom stereocenters. The number of allylic oxidation sites excluding steroid dienone is 5. The second-order valence-electron chi connectivity index (χ2n) is 4.99. The molecule has 0 aliphatic heterocycles. The Bertz CT molecular complexity index is 261. The molecule has 0 aliphatic carbocycles. The van der Waals surface area contributed by atoms with Crippen molar-refractivity contribution in [3.05, 3.63) is 36.0 Å². The molecular weight excluding hydrogens is 218 g/mol. The van der Waals surface area contributed by atoms with Gasteiger partial charge in [0.2, 0.25) is 0 Å². The van der Waals surface area contributed by atoms with E-state index in [1.54, 1.807) is 0 Å². The van der Waals surface area contributed by atoms with Crippen LogP contribution in [0.3, 0.4) is 0 Å². The molecule has 0 rings (SSSR count). The van der Waals surface area contributed by atoms with Crippen LogP contribution in [0, 0.1) is 0 Å². The maximum absolute atomic E-state index is 3.81. The van der Waals surface area contributed by atoms with Crippen molar-refractivity contribution in [1.29, 1.82) is 0 Å². The molecule has 0 spiro atoms. The van der Waals surface area contributed by atoms with Crippen molar-refractivity contribution < 1.29 is 0 Å². The maximum atomic E-state index is 3.81. The molecule has 0 aliphatic rings. The number of hydrogen-bond acceptors (Lipinski definition) is 1. The van der Waals surface area contributed by atoms with E-state index in [0.717, 1.165) is 6.54 Å². The monoisotopic (exact) mass is 249 g/mol. The summed E-state index contributed by atoms with van der Waals surface area (Å²) in [4.78, 5) is 0. The summed E-state index contributed by atoms with van der Waals surface area (Å²) in [5.74, 6) is 0. The van der Waals surface area contributed by atoms with Gasteiger partial charge in [-0.25, -0.2) is 0 Å². The molecule has 0 aromatic carbocycles. The van der Waals surface area contributed by atoms with Gasteiger partial charge in [-0.15, -0.1) is 0 Å². The average molecular weight is 249 g/mol. The normalized spacial score (nSPS) is 12.8. The first-order valence-corrected chi connectivity index (χ1v) is 7.38. The molecular formula is C17H31N. The molecule has 0 saturated carbocycles. The van der Waals surface area contributed by atoms with Crippen molar-refractivity contribution >= 4 is 0 Å². The minimum atomic E-state index is 1.13. The third-order valence-corrected chi connectivity index (χ3v) is 3.08. The molecule has 1 nitrogen and oxygen atoms in total. The topological polar surface area (TPSA) is 12.0 Å². The van der Waals surface area contributed by atoms with Crippen LogP contribution in [0.25, 0.3) is 0 Å². The van der Waals surface area contributed by atoms with Crippen LogP contribution in [0.15, 0.2) is 36.0 Å². The van der Waals surface area contributed by atoms with E-state index in [1.807, 2.05) is 13.1 Å². The summed E-state index contributed by atoms with van der Waals surface area (Å²) in [6.45, 7) is 9.43. The van der Waals surface area contributed by atoms with Gasteiger partial charge in [0.1, 0.15) is 0 Å². The molecule has 0 aromatic rings. The summed E-state index contributed by atoms with van der Waals surface area (Å²) in [7, 11) is 2.02. The summed E-state index contributed by atoms with van der Waals surface area (Å²) in [6, 6.07) is 0. The standard InChI is InChI=1S/C17H31N/c1-5-7-12-16(3)15-17(11-6-2)13-9-8-10-14-18-4/h6,11,15,18H,2,5,7-10,12-14H2,1,3-4H3/b16-15+,17-11-. The van der Waals surface area contributed by atoms with E-state index in [1.165, 1.54) is 56.1 Å². The van der Waals surface area contributed by atoms with Crippen molar-refractivity contribution in [3.63, 3.8) is 0 Å². The van der Waals surface area contributed by atoms with Crippen LogP contribution in [-0.2, 0) is 0 Å². The summed E-state index contributed by atoms with van der Waals surface area (Å²) in [5, 5.41) is 3.19. The Morgan fingerprint density at radius 1 is 1.11 bits per heavy atom. The smallest absolute Gasteiger partial charge is 0.00519 e. The van der Waals surface area contributed by atoms with E-state index in [-0.39, 0.29) is 0 Å². The summed E-state index contributed by atoms with van der Waals surface area (Å²) >= 11 is 0. The van der Waals surface area contributed by atoms with Crippen molar-refractivity contribution in [2.75, 3.05) is 13.6 Å². The summed E-state index contributed by atoms with van der Waals surface area (Å²) in [5.41, 5.74) is 2.93. The first-order valence-electron chi connectivity index (χ1n) is 7.38. The molecule has 0 unspecified atom stereocenters. The Morgan fingerprint density at radius 2 is 1.89 bits per heavy atom. The molecule has 0 bridgehead atoms. The van der Waals surface area contributed by atoms with Crippen LogP contribution in [0.1, 0.15) is 58.8 Å². The van der Waals surface area contributed by atoms with Crippen LogP contribution in [0.4, 0.5) is 0 Å². The van der Waals surface area contributed by atoms with Crippen LogP contribution in [-0.4, -0.2) is 13.6 Å². The van der Waals surface area contributed by atoms with Gasteiger partial charge in [-0.05, 0) is 58.2 Å². The SMILES string of the molecule is C=C/C=C(\C=C(/C)CCCC)CCCCCNC. The lowest BCUT2D eigenvalue weighted by atomic mass is 10.0. The van der Waals surface area contributed by atoms with Gasteiger partial charge in [-0.2, -0.15) is 0 Å². The molecule has 0 radical (unpaired) electrons. The largest absolute Gasteiger partial charge is 0.320 e. The number of unbranched alkanes of at least 4 members (excludes halogenated alkanes) is 3. The zero-order chi connectivity index (χ0) is 13.6. The first kappa shape index (κ1) is 17.2. The molecule has 0 heterocycles. The van der Waals surface area contributed by atoms with Gasteiger partial charge in [-0.1, -0.05) is 50.1 Å². The Hall–Kier alpha value is -0.820. The van der Waals surface area contributed by atoms with Crippen LogP contribution in [0.2, 0.25) is 0 Å². The number of rotatable bonds is 11. The number of hydrogen-bond donors (Lipinski definition) is 1.